The summed E-state index contributed by atoms with van der Waals surface area (Å²) in [5.41, 5.74) is 2.22. The van der Waals surface area contributed by atoms with Gasteiger partial charge in [-0.2, -0.15) is 5.10 Å². The second-order valence-corrected chi connectivity index (χ2v) is 10.8. The highest BCUT2D eigenvalue weighted by molar-refractivity contribution is 6.34. The number of benzene rings is 2. The molecule has 4 aromatic rings. The summed E-state index contributed by atoms with van der Waals surface area (Å²) in [6, 6.07) is 8.36. The topological polar surface area (TPSA) is 78.2 Å². The van der Waals surface area contributed by atoms with Crippen LogP contribution < -0.4 is 19.9 Å². The zero-order valence-corrected chi connectivity index (χ0v) is 23.5. The van der Waals surface area contributed by atoms with Gasteiger partial charge in [0, 0.05) is 50.6 Å². The van der Waals surface area contributed by atoms with Gasteiger partial charge in [0.2, 0.25) is 0 Å². The fraction of sp³-hybridized carbons (Fsp3) is 0.345. The minimum Gasteiger partial charge on any atom is -0.496 e. The van der Waals surface area contributed by atoms with Crippen molar-refractivity contribution >= 4 is 40.3 Å². The Morgan fingerprint density at radius 2 is 1.90 bits per heavy atom. The van der Waals surface area contributed by atoms with E-state index in [-0.39, 0.29) is 11.6 Å². The van der Waals surface area contributed by atoms with Crippen LogP contribution in [0.2, 0.25) is 5.02 Å². The molecule has 0 saturated carbocycles. The molecule has 1 amide bonds. The van der Waals surface area contributed by atoms with Crippen molar-refractivity contribution in [1.82, 2.24) is 19.5 Å². The monoisotopic (exact) mass is 581 g/mol. The molecule has 12 heteroatoms. The highest BCUT2D eigenvalue weighted by atomic mass is 35.5. The van der Waals surface area contributed by atoms with Crippen molar-refractivity contribution in [3.8, 4) is 5.75 Å². The van der Waals surface area contributed by atoms with Gasteiger partial charge in [-0.25, -0.2) is 18.3 Å². The Labute approximate surface area is 241 Å². The first-order valence-electron chi connectivity index (χ1n) is 13.5. The number of carbonyl (C=O) groups is 1. The standard InChI is InChI=1S/C29H30ClF2N7O2/c1-36-10-12-37(13-11-36)25-16-26(41-2)20(15-21(25)30)29(40)34-23-17-33-39-9-7-27(35-28(23)39)38-8-3-4-24(38)19-14-18(31)5-6-22(19)32/h5-7,9,14-17,24H,3-4,8,10-13H2,1-2H3,(H,34,40). The maximum absolute atomic E-state index is 14.6. The smallest absolute Gasteiger partial charge is 0.259 e. The van der Waals surface area contributed by atoms with Crippen molar-refractivity contribution in [1.29, 1.82) is 0 Å². The van der Waals surface area contributed by atoms with E-state index in [0.29, 0.717) is 46.5 Å². The Morgan fingerprint density at radius 3 is 2.68 bits per heavy atom. The number of rotatable bonds is 6. The summed E-state index contributed by atoms with van der Waals surface area (Å²) < 4.78 is 35.7. The number of likely N-dealkylation sites (N-methyl/N-ethyl adjacent to an activating group) is 1. The number of halogens is 3. The predicted molar refractivity (Wildman–Crippen MR) is 154 cm³/mol. The lowest BCUT2D eigenvalue weighted by atomic mass is 10.0. The van der Waals surface area contributed by atoms with Crippen LogP contribution in [0.5, 0.6) is 5.75 Å². The highest BCUT2D eigenvalue weighted by Crippen LogP contribution is 2.38. The Morgan fingerprint density at radius 1 is 1.10 bits per heavy atom. The number of ether oxygens (including phenoxy) is 1. The molecule has 1 N–H and O–H groups in total. The molecule has 6 rings (SSSR count). The van der Waals surface area contributed by atoms with Gasteiger partial charge in [-0.1, -0.05) is 11.6 Å². The Balaban J connectivity index is 1.27. The zero-order valence-electron chi connectivity index (χ0n) is 22.8. The van der Waals surface area contributed by atoms with Crippen LogP contribution in [0.4, 0.5) is 26.0 Å². The summed E-state index contributed by atoms with van der Waals surface area (Å²) in [4.78, 5) is 24.6. The van der Waals surface area contributed by atoms with Gasteiger partial charge in [-0.15, -0.1) is 0 Å². The number of anilines is 3. The third-order valence-electron chi connectivity index (χ3n) is 7.82. The predicted octanol–water partition coefficient (Wildman–Crippen LogP) is 5.02. The van der Waals surface area contributed by atoms with E-state index in [0.717, 1.165) is 50.4 Å². The van der Waals surface area contributed by atoms with Gasteiger partial charge in [0.15, 0.2) is 5.65 Å². The average molecular weight is 582 g/mol. The Hall–Kier alpha value is -3.96. The maximum atomic E-state index is 14.6. The van der Waals surface area contributed by atoms with E-state index in [9.17, 15) is 13.6 Å². The molecule has 0 aliphatic carbocycles. The summed E-state index contributed by atoms with van der Waals surface area (Å²) in [6.07, 6.45) is 4.72. The SMILES string of the molecule is COc1cc(N2CCN(C)CC2)c(Cl)cc1C(=O)Nc1cnn2ccc(N3CCCC3c3cc(F)ccc3F)nc12. The van der Waals surface area contributed by atoms with Crippen molar-refractivity contribution in [3.63, 3.8) is 0 Å². The summed E-state index contributed by atoms with van der Waals surface area (Å²) >= 11 is 6.65. The third-order valence-corrected chi connectivity index (χ3v) is 8.13. The lowest BCUT2D eigenvalue weighted by Crippen LogP contribution is -2.44. The molecule has 2 fully saturated rings. The number of hydrogen-bond donors (Lipinski definition) is 1. The van der Waals surface area contributed by atoms with E-state index in [4.69, 9.17) is 21.3 Å². The van der Waals surface area contributed by atoms with Gasteiger partial charge in [0.05, 0.1) is 35.6 Å². The molecular weight excluding hydrogens is 552 g/mol. The first-order valence-corrected chi connectivity index (χ1v) is 13.9. The number of nitrogens with zero attached hydrogens (tertiary/aromatic N) is 6. The quantitative estimate of drug-likeness (QED) is 0.343. The minimum atomic E-state index is -0.482. The molecule has 1 unspecified atom stereocenters. The molecule has 0 spiro atoms. The summed E-state index contributed by atoms with van der Waals surface area (Å²) in [5, 5.41) is 7.68. The van der Waals surface area contributed by atoms with E-state index in [2.05, 4.69) is 27.3 Å². The zero-order chi connectivity index (χ0) is 28.7. The number of methoxy groups -OCH3 is 1. The summed E-state index contributed by atoms with van der Waals surface area (Å²) in [6.45, 7) is 4.12. The molecule has 2 saturated heterocycles. The molecule has 4 heterocycles. The van der Waals surface area contributed by atoms with Crippen LogP contribution in [-0.2, 0) is 0 Å². The first-order chi connectivity index (χ1) is 19.8. The lowest BCUT2D eigenvalue weighted by molar-refractivity contribution is 0.102. The van der Waals surface area contributed by atoms with Crippen LogP contribution in [0.3, 0.4) is 0 Å². The fourth-order valence-corrected chi connectivity index (χ4v) is 5.89. The van der Waals surface area contributed by atoms with Crippen molar-refractivity contribution in [2.75, 3.05) is 62.0 Å². The van der Waals surface area contributed by atoms with Crippen LogP contribution in [0.15, 0.2) is 48.8 Å². The van der Waals surface area contributed by atoms with Gasteiger partial charge in [0.25, 0.3) is 5.91 Å². The van der Waals surface area contributed by atoms with Crippen molar-refractivity contribution in [3.05, 3.63) is 76.6 Å². The highest BCUT2D eigenvalue weighted by Gasteiger charge is 2.30. The molecule has 41 heavy (non-hydrogen) atoms. The van der Waals surface area contributed by atoms with Crippen LogP contribution in [-0.4, -0.2) is 72.3 Å². The number of fused-ring (bicyclic) bond motifs is 1. The maximum Gasteiger partial charge on any atom is 0.259 e. The largest absolute Gasteiger partial charge is 0.496 e. The van der Waals surface area contributed by atoms with Gasteiger partial charge in [-0.3, -0.25) is 4.79 Å². The van der Waals surface area contributed by atoms with Crippen LogP contribution in [0.25, 0.3) is 5.65 Å². The number of aromatic nitrogens is 3. The van der Waals surface area contributed by atoms with Crippen LogP contribution >= 0.6 is 11.6 Å². The summed E-state index contributed by atoms with van der Waals surface area (Å²) in [7, 11) is 3.60. The summed E-state index contributed by atoms with van der Waals surface area (Å²) in [5.74, 6) is -0.367. The van der Waals surface area contributed by atoms with Crippen molar-refractivity contribution in [2.45, 2.75) is 18.9 Å². The van der Waals surface area contributed by atoms with Gasteiger partial charge in [0.1, 0.15) is 28.9 Å². The molecule has 1 atom stereocenters. The van der Waals surface area contributed by atoms with Crippen LogP contribution in [0, 0.1) is 11.6 Å². The molecule has 2 aliphatic rings. The van der Waals surface area contributed by atoms with E-state index in [1.54, 1.807) is 28.9 Å². The number of amides is 1. The molecule has 0 bridgehead atoms. The Kier molecular flexibility index (Phi) is 7.39. The van der Waals surface area contributed by atoms with Gasteiger partial charge in [-0.05, 0) is 50.2 Å². The molecular formula is C29H30ClF2N7O2. The molecule has 2 aromatic carbocycles. The van der Waals surface area contributed by atoms with Crippen LogP contribution in [0.1, 0.15) is 34.8 Å². The molecule has 2 aromatic heterocycles. The van der Waals surface area contributed by atoms with Crippen molar-refractivity contribution in [2.24, 2.45) is 0 Å². The average Bonchev–Trinajstić information content (AvgIpc) is 3.62. The van der Waals surface area contributed by atoms with E-state index < -0.39 is 17.5 Å². The second kappa shape index (κ2) is 11.1. The Bertz CT molecular complexity index is 1610. The fourth-order valence-electron chi connectivity index (χ4n) is 5.61. The first kappa shape index (κ1) is 27.2. The third kappa shape index (κ3) is 5.27. The van der Waals surface area contributed by atoms with Gasteiger partial charge < -0.3 is 24.8 Å². The second-order valence-electron chi connectivity index (χ2n) is 10.4. The number of nitrogens with one attached hydrogen (secondary N) is 1. The number of piperazine rings is 1. The minimum absolute atomic E-state index is 0.284. The molecule has 9 nitrogen and oxygen atoms in total. The molecule has 214 valence electrons. The number of hydrogen-bond acceptors (Lipinski definition) is 7. The number of carbonyl (C=O) groups excluding carboxylic acids is 1. The van der Waals surface area contributed by atoms with E-state index in [1.165, 1.54) is 19.4 Å². The van der Waals surface area contributed by atoms with E-state index >= 15 is 0 Å². The van der Waals surface area contributed by atoms with Gasteiger partial charge >= 0.3 is 0 Å². The normalized spacial score (nSPS) is 17.8. The molecule has 2 aliphatic heterocycles. The van der Waals surface area contributed by atoms with Crippen molar-refractivity contribution < 1.29 is 18.3 Å². The van der Waals surface area contributed by atoms with E-state index in [1.807, 2.05) is 4.90 Å². The molecule has 0 radical (unpaired) electrons. The lowest BCUT2D eigenvalue weighted by Gasteiger charge is -2.34.